The van der Waals surface area contributed by atoms with Crippen LogP contribution in [0.4, 0.5) is 5.69 Å². The van der Waals surface area contributed by atoms with E-state index in [1.54, 1.807) is 7.11 Å². The molecule has 0 radical (unpaired) electrons. The lowest BCUT2D eigenvalue weighted by atomic mass is 10.1. The molecule has 0 fully saturated rings. The van der Waals surface area contributed by atoms with E-state index in [9.17, 15) is 4.79 Å². The fourth-order valence-corrected chi connectivity index (χ4v) is 1.69. The number of anilines is 1. The maximum Gasteiger partial charge on any atom is 0.227 e. The van der Waals surface area contributed by atoms with Gasteiger partial charge in [-0.05, 0) is 50.1 Å². The summed E-state index contributed by atoms with van der Waals surface area (Å²) in [5, 5.41) is 2.89. The smallest absolute Gasteiger partial charge is 0.227 e. The van der Waals surface area contributed by atoms with E-state index in [2.05, 4.69) is 5.32 Å². The first-order valence-electron chi connectivity index (χ1n) is 6.15. The molecule has 0 saturated heterocycles. The van der Waals surface area contributed by atoms with Crippen molar-refractivity contribution in [2.45, 2.75) is 27.2 Å². The molecule has 18 heavy (non-hydrogen) atoms. The Morgan fingerprint density at radius 2 is 2.00 bits per heavy atom. The number of nitrogens with two attached hydrogens (primary N) is 1. The highest BCUT2D eigenvalue weighted by molar-refractivity contribution is 5.94. The van der Waals surface area contributed by atoms with Gasteiger partial charge in [-0.1, -0.05) is 6.92 Å². The minimum Gasteiger partial charge on any atom is -0.495 e. The van der Waals surface area contributed by atoms with E-state index >= 15 is 0 Å². The molecule has 1 unspecified atom stereocenters. The van der Waals surface area contributed by atoms with Crippen molar-refractivity contribution in [2.24, 2.45) is 11.7 Å². The lowest BCUT2D eigenvalue weighted by molar-refractivity contribution is -0.119. The van der Waals surface area contributed by atoms with Crippen molar-refractivity contribution in [2.75, 3.05) is 19.0 Å². The Balaban J connectivity index is 2.90. The molecule has 1 atom stereocenters. The fourth-order valence-electron chi connectivity index (χ4n) is 1.69. The van der Waals surface area contributed by atoms with Crippen LogP contribution in [0.25, 0.3) is 0 Å². The lowest BCUT2D eigenvalue weighted by Crippen LogP contribution is -2.23. The Hall–Kier alpha value is -1.55. The molecule has 0 aromatic heterocycles. The van der Waals surface area contributed by atoms with E-state index in [1.165, 1.54) is 0 Å². The Kier molecular flexibility index (Phi) is 5.16. The molecule has 0 aliphatic rings. The van der Waals surface area contributed by atoms with E-state index in [-0.39, 0.29) is 11.8 Å². The zero-order chi connectivity index (χ0) is 13.7. The minimum absolute atomic E-state index is 0.0259. The van der Waals surface area contributed by atoms with Gasteiger partial charge in [-0.3, -0.25) is 4.79 Å². The number of hydrogen-bond donors (Lipinski definition) is 2. The molecular formula is C14H22N2O2. The van der Waals surface area contributed by atoms with Gasteiger partial charge in [-0.25, -0.2) is 0 Å². The van der Waals surface area contributed by atoms with Gasteiger partial charge in [-0.15, -0.1) is 0 Å². The van der Waals surface area contributed by atoms with Gasteiger partial charge in [0.1, 0.15) is 5.75 Å². The highest BCUT2D eigenvalue weighted by atomic mass is 16.5. The van der Waals surface area contributed by atoms with Crippen LogP contribution < -0.4 is 15.8 Å². The highest BCUT2D eigenvalue weighted by Gasteiger charge is 2.14. The zero-order valence-corrected chi connectivity index (χ0v) is 11.5. The van der Waals surface area contributed by atoms with Crippen LogP contribution in [-0.4, -0.2) is 19.6 Å². The summed E-state index contributed by atoms with van der Waals surface area (Å²) in [4.78, 5) is 11.9. The van der Waals surface area contributed by atoms with Gasteiger partial charge < -0.3 is 15.8 Å². The number of hydrogen-bond acceptors (Lipinski definition) is 3. The number of ether oxygens (including phenoxy) is 1. The van der Waals surface area contributed by atoms with E-state index in [4.69, 9.17) is 10.5 Å². The quantitative estimate of drug-likeness (QED) is 0.842. The van der Waals surface area contributed by atoms with Crippen LogP contribution in [0.5, 0.6) is 5.75 Å². The van der Waals surface area contributed by atoms with Crippen molar-refractivity contribution < 1.29 is 9.53 Å². The van der Waals surface area contributed by atoms with Crippen molar-refractivity contribution in [3.63, 3.8) is 0 Å². The summed E-state index contributed by atoms with van der Waals surface area (Å²) in [6.07, 6.45) is 0.680. The maximum absolute atomic E-state index is 11.9. The summed E-state index contributed by atoms with van der Waals surface area (Å²) in [6, 6.07) is 3.86. The minimum atomic E-state index is -0.0960. The Morgan fingerprint density at radius 1 is 1.39 bits per heavy atom. The predicted molar refractivity (Wildman–Crippen MR) is 73.9 cm³/mol. The van der Waals surface area contributed by atoms with E-state index in [0.717, 1.165) is 16.8 Å². The highest BCUT2D eigenvalue weighted by Crippen LogP contribution is 2.28. The van der Waals surface area contributed by atoms with Gasteiger partial charge in [-0.2, -0.15) is 0 Å². The topological polar surface area (TPSA) is 64.3 Å². The van der Waals surface area contributed by atoms with Gasteiger partial charge >= 0.3 is 0 Å². The summed E-state index contributed by atoms with van der Waals surface area (Å²) in [5.41, 5.74) is 8.43. The fraction of sp³-hybridized carbons (Fsp3) is 0.500. The van der Waals surface area contributed by atoms with Crippen molar-refractivity contribution in [3.05, 3.63) is 23.3 Å². The number of carbonyl (C=O) groups excluding carboxylic acids is 1. The van der Waals surface area contributed by atoms with Crippen molar-refractivity contribution in [1.29, 1.82) is 0 Å². The van der Waals surface area contributed by atoms with Crippen LogP contribution in [0.15, 0.2) is 12.1 Å². The number of carbonyl (C=O) groups is 1. The van der Waals surface area contributed by atoms with Crippen LogP contribution in [0, 0.1) is 19.8 Å². The molecule has 0 saturated carbocycles. The van der Waals surface area contributed by atoms with Gasteiger partial charge in [0.15, 0.2) is 0 Å². The summed E-state index contributed by atoms with van der Waals surface area (Å²) in [5.74, 6) is 0.565. The van der Waals surface area contributed by atoms with E-state index in [0.29, 0.717) is 18.7 Å². The number of aryl methyl sites for hydroxylation is 2. The van der Waals surface area contributed by atoms with Crippen molar-refractivity contribution in [3.8, 4) is 5.75 Å². The number of amides is 1. The number of methoxy groups -OCH3 is 1. The van der Waals surface area contributed by atoms with Crippen LogP contribution in [0.2, 0.25) is 0 Å². The molecule has 100 valence electrons. The van der Waals surface area contributed by atoms with Crippen molar-refractivity contribution >= 4 is 11.6 Å². The molecule has 0 heterocycles. The van der Waals surface area contributed by atoms with E-state index in [1.807, 2.05) is 32.9 Å². The van der Waals surface area contributed by atoms with Crippen LogP contribution in [-0.2, 0) is 4.79 Å². The maximum atomic E-state index is 11.9. The first-order valence-corrected chi connectivity index (χ1v) is 6.15. The Labute approximate surface area is 109 Å². The normalized spacial score (nSPS) is 12.1. The second-order valence-electron chi connectivity index (χ2n) is 4.60. The molecule has 0 bridgehead atoms. The van der Waals surface area contributed by atoms with Crippen LogP contribution in [0.1, 0.15) is 24.5 Å². The van der Waals surface area contributed by atoms with E-state index < -0.39 is 0 Å². The summed E-state index contributed by atoms with van der Waals surface area (Å²) in [6.45, 7) is 6.41. The molecule has 0 aliphatic carbocycles. The molecule has 1 aromatic rings. The zero-order valence-electron chi connectivity index (χ0n) is 11.5. The lowest BCUT2D eigenvalue weighted by Gasteiger charge is -2.15. The average molecular weight is 250 g/mol. The molecule has 0 aliphatic heterocycles. The van der Waals surface area contributed by atoms with Crippen LogP contribution in [0.3, 0.4) is 0 Å². The largest absolute Gasteiger partial charge is 0.495 e. The molecule has 0 spiro atoms. The molecule has 1 aromatic carbocycles. The molecule has 3 N–H and O–H groups in total. The molecule has 1 rings (SSSR count). The number of nitrogens with one attached hydrogen (secondary N) is 1. The number of benzene rings is 1. The third kappa shape index (κ3) is 3.47. The third-order valence-electron chi connectivity index (χ3n) is 3.12. The monoisotopic (exact) mass is 250 g/mol. The third-order valence-corrected chi connectivity index (χ3v) is 3.12. The summed E-state index contributed by atoms with van der Waals surface area (Å²) < 4.78 is 5.28. The average Bonchev–Trinajstić information content (AvgIpc) is 2.33. The SMILES string of the molecule is COc1cc(C)c(C)cc1NC(=O)C(C)CCN. The Morgan fingerprint density at radius 3 is 2.56 bits per heavy atom. The molecular weight excluding hydrogens is 228 g/mol. The first-order chi connectivity index (χ1) is 8.49. The van der Waals surface area contributed by atoms with Crippen molar-refractivity contribution in [1.82, 2.24) is 0 Å². The van der Waals surface area contributed by atoms with Gasteiger partial charge in [0.05, 0.1) is 12.8 Å². The van der Waals surface area contributed by atoms with Gasteiger partial charge in [0, 0.05) is 5.92 Å². The summed E-state index contributed by atoms with van der Waals surface area (Å²) in [7, 11) is 1.60. The predicted octanol–water partition coefficient (Wildman–Crippen LogP) is 2.24. The molecule has 4 heteroatoms. The summed E-state index contributed by atoms with van der Waals surface area (Å²) >= 11 is 0. The van der Waals surface area contributed by atoms with Crippen LogP contribution >= 0.6 is 0 Å². The number of rotatable bonds is 5. The second-order valence-corrected chi connectivity index (χ2v) is 4.60. The second kappa shape index (κ2) is 6.40. The van der Waals surface area contributed by atoms with Gasteiger partial charge in [0.25, 0.3) is 0 Å². The standard InChI is InChI=1S/C14H22N2O2/c1-9(5-6-15)14(17)16-12-7-10(2)11(3)8-13(12)18-4/h7-9H,5-6,15H2,1-4H3,(H,16,17). The molecule has 1 amide bonds. The molecule has 4 nitrogen and oxygen atoms in total. The van der Waals surface area contributed by atoms with Gasteiger partial charge in [0.2, 0.25) is 5.91 Å². The Bertz CT molecular complexity index is 430. The first kappa shape index (κ1) is 14.5.